The topological polar surface area (TPSA) is 29.1 Å². The molecule has 0 amide bonds. The predicted octanol–water partition coefficient (Wildman–Crippen LogP) is 2.93. The third kappa shape index (κ3) is 5.02. The molecule has 1 N–H and O–H groups in total. The molecule has 2 nitrogen and oxygen atoms in total. The van der Waals surface area contributed by atoms with Crippen LogP contribution in [0.5, 0.6) is 0 Å². The molecule has 0 radical (unpaired) electrons. The Morgan fingerprint density at radius 1 is 1.53 bits per heavy atom. The van der Waals surface area contributed by atoms with Crippen molar-refractivity contribution in [2.75, 3.05) is 25.1 Å². The fourth-order valence-electron chi connectivity index (χ4n) is 1.09. The molecule has 0 aliphatic heterocycles. The van der Waals surface area contributed by atoms with E-state index < -0.39 is 0 Å². The van der Waals surface area contributed by atoms with Gasteiger partial charge in [0.25, 0.3) is 0 Å². The van der Waals surface area contributed by atoms with E-state index in [0.717, 1.165) is 23.7 Å². The summed E-state index contributed by atoms with van der Waals surface area (Å²) in [6, 6.07) is 3.55. The lowest BCUT2D eigenvalue weighted by molar-refractivity contribution is 0.0986. The summed E-state index contributed by atoms with van der Waals surface area (Å²) >= 11 is 8.90. The van der Waals surface area contributed by atoms with Gasteiger partial charge in [-0.25, -0.2) is 0 Å². The van der Waals surface area contributed by atoms with Crippen LogP contribution in [-0.2, 0) is 0 Å². The van der Waals surface area contributed by atoms with Gasteiger partial charge in [-0.05, 0) is 18.4 Å². The second-order valence-electron chi connectivity index (χ2n) is 3.02. The molecular formula is C10H14ClNOS2. The lowest BCUT2D eigenvalue weighted by Gasteiger charge is -2.01. The van der Waals surface area contributed by atoms with Crippen LogP contribution >= 0.6 is 34.7 Å². The lowest BCUT2D eigenvalue weighted by Crippen LogP contribution is -2.20. The first-order valence-electron chi connectivity index (χ1n) is 4.72. The van der Waals surface area contributed by atoms with Crippen LogP contribution in [0.2, 0.25) is 4.34 Å². The highest BCUT2D eigenvalue weighted by Gasteiger charge is 2.07. The van der Waals surface area contributed by atoms with Crippen molar-refractivity contribution in [3.63, 3.8) is 0 Å². The summed E-state index contributed by atoms with van der Waals surface area (Å²) in [6.45, 7) is 1.70. The Kier molecular flexibility index (Phi) is 6.32. The van der Waals surface area contributed by atoms with E-state index in [1.165, 1.54) is 11.3 Å². The standard InChI is InChI=1S/C10H14ClNOS2/c1-14-7-6-12-5-4-8(13)9-2-3-10(11)15-9/h2-3,12H,4-7H2,1H3. The van der Waals surface area contributed by atoms with Gasteiger partial charge in [0.2, 0.25) is 0 Å². The van der Waals surface area contributed by atoms with Gasteiger partial charge in [0, 0.05) is 25.3 Å². The molecule has 0 fully saturated rings. The van der Waals surface area contributed by atoms with Crippen molar-refractivity contribution in [1.82, 2.24) is 5.32 Å². The van der Waals surface area contributed by atoms with Crippen molar-refractivity contribution in [2.24, 2.45) is 0 Å². The lowest BCUT2D eigenvalue weighted by atomic mass is 10.2. The van der Waals surface area contributed by atoms with Gasteiger partial charge in [0.15, 0.2) is 5.78 Å². The molecule has 0 unspecified atom stereocenters. The average molecular weight is 264 g/mol. The van der Waals surface area contributed by atoms with Crippen LogP contribution in [-0.4, -0.2) is 30.9 Å². The molecule has 84 valence electrons. The normalized spacial score (nSPS) is 10.5. The van der Waals surface area contributed by atoms with E-state index >= 15 is 0 Å². The Labute approximate surface area is 103 Å². The van der Waals surface area contributed by atoms with Crippen molar-refractivity contribution in [3.05, 3.63) is 21.3 Å². The second kappa shape index (κ2) is 7.28. The van der Waals surface area contributed by atoms with Crippen LogP contribution in [0.15, 0.2) is 12.1 Å². The quantitative estimate of drug-likeness (QED) is 0.606. The molecule has 0 aromatic carbocycles. The summed E-state index contributed by atoms with van der Waals surface area (Å²) < 4.78 is 0.675. The highest BCUT2D eigenvalue weighted by molar-refractivity contribution is 7.98. The number of hydrogen-bond donors (Lipinski definition) is 1. The molecule has 1 heterocycles. The van der Waals surface area contributed by atoms with Crippen LogP contribution in [0.25, 0.3) is 0 Å². The number of ketones is 1. The van der Waals surface area contributed by atoms with Crippen molar-refractivity contribution in [1.29, 1.82) is 0 Å². The summed E-state index contributed by atoms with van der Waals surface area (Å²) in [7, 11) is 0. The van der Waals surface area contributed by atoms with E-state index in [9.17, 15) is 4.79 Å². The fourth-order valence-corrected chi connectivity index (χ4v) is 2.45. The Morgan fingerprint density at radius 3 is 2.93 bits per heavy atom. The molecular weight excluding hydrogens is 250 g/mol. The number of halogens is 1. The van der Waals surface area contributed by atoms with Crippen LogP contribution in [0.4, 0.5) is 0 Å². The molecule has 0 aliphatic rings. The zero-order valence-corrected chi connectivity index (χ0v) is 11.0. The minimum absolute atomic E-state index is 0.170. The van der Waals surface area contributed by atoms with Gasteiger partial charge >= 0.3 is 0 Å². The number of Topliss-reactive ketones (excluding diaryl/α,β-unsaturated/α-hetero) is 1. The fraction of sp³-hybridized carbons (Fsp3) is 0.500. The van der Waals surface area contributed by atoms with Gasteiger partial charge in [-0.15, -0.1) is 11.3 Å². The second-order valence-corrected chi connectivity index (χ2v) is 5.72. The highest BCUT2D eigenvalue weighted by Crippen LogP contribution is 2.22. The molecule has 1 aromatic heterocycles. The third-order valence-corrected chi connectivity index (χ3v) is 3.74. The zero-order chi connectivity index (χ0) is 11.1. The first-order chi connectivity index (χ1) is 7.24. The molecule has 0 aliphatic carbocycles. The van der Waals surface area contributed by atoms with E-state index in [1.54, 1.807) is 23.9 Å². The van der Waals surface area contributed by atoms with E-state index in [4.69, 9.17) is 11.6 Å². The molecule has 0 atom stereocenters. The van der Waals surface area contributed by atoms with Gasteiger partial charge in [-0.1, -0.05) is 11.6 Å². The first-order valence-corrected chi connectivity index (χ1v) is 7.31. The largest absolute Gasteiger partial charge is 0.315 e. The van der Waals surface area contributed by atoms with Gasteiger partial charge in [0.1, 0.15) is 0 Å². The Hall–Kier alpha value is -0.0300. The summed E-state index contributed by atoms with van der Waals surface area (Å²) in [5.74, 6) is 1.25. The molecule has 15 heavy (non-hydrogen) atoms. The molecule has 5 heteroatoms. The number of thioether (sulfide) groups is 1. The molecule has 0 spiro atoms. The van der Waals surface area contributed by atoms with E-state index in [2.05, 4.69) is 11.6 Å². The molecule has 1 rings (SSSR count). The maximum atomic E-state index is 11.6. The maximum Gasteiger partial charge on any atom is 0.174 e. The Balaban J connectivity index is 2.19. The summed E-state index contributed by atoms with van der Waals surface area (Å²) in [5.41, 5.74) is 0. The van der Waals surface area contributed by atoms with Crippen LogP contribution in [0, 0.1) is 0 Å². The average Bonchev–Trinajstić information content (AvgIpc) is 2.64. The Bertz CT molecular complexity index is 314. The first kappa shape index (κ1) is 13.0. The van der Waals surface area contributed by atoms with Gasteiger partial charge in [-0.3, -0.25) is 4.79 Å². The number of rotatable bonds is 7. The van der Waals surface area contributed by atoms with Crippen molar-refractivity contribution >= 4 is 40.5 Å². The van der Waals surface area contributed by atoms with E-state index in [-0.39, 0.29) is 5.78 Å². The number of nitrogens with one attached hydrogen (secondary N) is 1. The van der Waals surface area contributed by atoms with E-state index in [0.29, 0.717) is 10.8 Å². The highest BCUT2D eigenvalue weighted by atomic mass is 35.5. The molecule has 0 saturated carbocycles. The number of carbonyl (C=O) groups excluding carboxylic acids is 1. The predicted molar refractivity (Wildman–Crippen MR) is 69.5 cm³/mol. The smallest absolute Gasteiger partial charge is 0.174 e. The number of hydrogen-bond acceptors (Lipinski definition) is 4. The minimum atomic E-state index is 0.170. The van der Waals surface area contributed by atoms with Crippen LogP contribution in [0.3, 0.4) is 0 Å². The maximum absolute atomic E-state index is 11.6. The minimum Gasteiger partial charge on any atom is -0.315 e. The SMILES string of the molecule is CSCCNCCC(=O)c1ccc(Cl)s1. The Morgan fingerprint density at radius 2 is 2.33 bits per heavy atom. The van der Waals surface area contributed by atoms with Gasteiger partial charge < -0.3 is 5.32 Å². The molecule has 1 aromatic rings. The summed E-state index contributed by atoms with van der Waals surface area (Å²) in [5, 5.41) is 3.22. The van der Waals surface area contributed by atoms with Crippen molar-refractivity contribution < 1.29 is 4.79 Å². The van der Waals surface area contributed by atoms with E-state index in [1.807, 2.05) is 0 Å². The third-order valence-electron chi connectivity index (χ3n) is 1.86. The van der Waals surface area contributed by atoms with Gasteiger partial charge in [-0.2, -0.15) is 11.8 Å². The number of thiophene rings is 1. The van der Waals surface area contributed by atoms with Crippen LogP contribution < -0.4 is 5.32 Å². The number of carbonyl (C=O) groups is 1. The summed E-state index contributed by atoms with van der Waals surface area (Å²) in [4.78, 5) is 12.4. The van der Waals surface area contributed by atoms with Crippen LogP contribution in [0.1, 0.15) is 16.1 Å². The molecule has 0 saturated heterocycles. The molecule has 0 bridgehead atoms. The monoisotopic (exact) mass is 263 g/mol. The van der Waals surface area contributed by atoms with Crippen molar-refractivity contribution in [2.45, 2.75) is 6.42 Å². The zero-order valence-electron chi connectivity index (χ0n) is 8.59. The summed E-state index contributed by atoms with van der Waals surface area (Å²) in [6.07, 6.45) is 2.62. The van der Waals surface area contributed by atoms with Gasteiger partial charge in [0.05, 0.1) is 9.21 Å². The van der Waals surface area contributed by atoms with Crippen molar-refractivity contribution in [3.8, 4) is 0 Å².